The van der Waals surface area contributed by atoms with Crippen molar-refractivity contribution < 1.29 is 28.7 Å². The molecule has 2 heterocycles. The number of unbranched alkanes of at least 4 members (excludes halogenated alkanes) is 2. The zero-order chi connectivity index (χ0) is 30.8. The average Bonchev–Trinajstić information content (AvgIpc) is 3.49. The highest BCUT2D eigenvalue weighted by Crippen LogP contribution is 2.32. The van der Waals surface area contributed by atoms with Crippen molar-refractivity contribution in [3.8, 4) is 0 Å². The van der Waals surface area contributed by atoms with Crippen LogP contribution in [0.4, 0.5) is 4.79 Å². The number of rotatable bonds is 14. The van der Waals surface area contributed by atoms with E-state index in [1.54, 1.807) is 33.8 Å². The van der Waals surface area contributed by atoms with E-state index >= 15 is 0 Å². The minimum absolute atomic E-state index is 0.0814. The smallest absolute Gasteiger partial charge is 0.408 e. The van der Waals surface area contributed by atoms with E-state index in [4.69, 9.17) is 9.47 Å². The van der Waals surface area contributed by atoms with Crippen molar-refractivity contribution >= 4 is 51.9 Å². The van der Waals surface area contributed by atoms with Gasteiger partial charge in [-0.2, -0.15) is 0 Å². The maximum Gasteiger partial charge on any atom is 0.408 e. The molecule has 228 valence electrons. The number of nitrogens with one attached hydrogen (secondary N) is 2. The summed E-state index contributed by atoms with van der Waals surface area (Å²) >= 11 is 2.78. The summed E-state index contributed by atoms with van der Waals surface area (Å²) in [5.41, 5.74) is -1.07. The van der Waals surface area contributed by atoms with Crippen molar-refractivity contribution in [1.82, 2.24) is 15.6 Å². The summed E-state index contributed by atoms with van der Waals surface area (Å²) in [4.78, 5) is 59.4. The van der Waals surface area contributed by atoms with Gasteiger partial charge in [0.1, 0.15) is 44.8 Å². The van der Waals surface area contributed by atoms with Gasteiger partial charge in [-0.3, -0.25) is 14.6 Å². The number of ether oxygens (including phenoxy) is 2. The maximum absolute atomic E-state index is 13.4. The number of esters is 1. The summed E-state index contributed by atoms with van der Waals surface area (Å²) in [6, 6.07) is -0.896. The van der Waals surface area contributed by atoms with Crippen LogP contribution < -0.4 is 10.6 Å². The van der Waals surface area contributed by atoms with Crippen LogP contribution in [0.25, 0.3) is 0 Å². The summed E-state index contributed by atoms with van der Waals surface area (Å²) in [5, 5.41) is 8.65. The quantitative estimate of drug-likeness (QED) is 0.167. The standard InChI is InChI=1S/C29H44N4O6S2/c1-9-10-11-12-13-20(14-19(4)34)38-25(35)23(18(2)3)32-26(36)29(8)17-41-24(33-29)21-16-40-22(31-21)15-30-27(37)39-28(5,6)7/h12-13,16,18,20,23H,9-11,14-15,17H2,1-8H3,(H,30,37)(H,32,36)/b13-12+/t20?,23?,29-/m0/s1. The number of aromatic nitrogens is 1. The molecule has 0 radical (unpaired) electrons. The number of thiazole rings is 1. The second kappa shape index (κ2) is 15.5. The molecule has 12 heteroatoms. The normalized spacial score (nSPS) is 18.6. The van der Waals surface area contributed by atoms with Gasteiger partial charge in [0.15, 0.2) is 0 Å². The van der Waals surface area contributed by atoms with E-state index in [9.17, 15) is 19.2 Å². The predicted octanol–water partition coefficient (Wildman–Crippen LogP) is 5.20. The SMILES string of the molecule is CCCC/C=C/C(CC(C)=O)OC(=O)C(NC(=O)[C@]1(C)CSC(c2csc(CNC(=O)OC(C)(C)C)n2)=N1)C(C)C. The molecule has 0 bridgehead atoms. The highest BCUT2D eigenvalue weighted by Gasteiger charge is 2.41. The third-order valence-corrected chi connectivity index (χ3v) is 8.05. The highest BCUT2D eigenvalue weighted by atomic mass is 32.2. The second-order valence-electron chi connectivity index (χ2n) is 11.6. The molecular weight excluding hydrogens is 564 g/mol. The number of allylic oxidation sites excluding steroid dienone is 1. The maximum atomic E-state index is 13.4. The minimum atomic E-state index is -1.11. The van der Waals surface area contributed by atoms with Crippen LogP contribution in [-0.2, 0) is 30.4 Å². The van der Waals surface area contributed by atoms with Crippen LogP contribution in [0.1, 0.15) is 91.8 Å². The molecule has 0 aromatic carbocycles. The lowest BCUT2D eigenvalue weighted by Crippen LogP contribution is -2.53. The molecular formula is C29H44N4O6S2. The number of aliphatic imine (C=N–C) groups is 1. The monoisotopic (exact) mass is 608 g/mol. The molecule has 2 rings (SSSR count). The lowest BCUT2D eigenvalue weighted by molar-refractivity contribution is -0.153. The van der Waals surface area contributed by atoms with Crippen LogP contribution in [0.5, 0.6) is 0 Å². The zero-order valence-electron chi connectivity index (χ0n) is 25.4. The predicted molar refractivity (Wildman–Crippen MR) is 163 cm³/mol. The molecule has 2 amide bonds. The molecule has 0 aliphatic carbocycles. The molecule has 0 fully saturated rings. The fourth-order valence-corrected chi connectivity index (χ4v) is 5.64. The molecule has 41 heavy (non-hydrogen) atoms. The summed E-state index contributed by atoms with van der Waals surface area (Å²) in [6.45, 7) is 14.5. The molecule has 1 aliphatic rings. The van der Waals surface area contributed by atoms with Gasteiger partial charge in [-0.25, -0.2) is 14.6 Å². The van der Waals surface area contributed by atoms with Crippen molar-refractivity contribution in [2.45, 2.75) is 111 Å². The molecule has 0 spiro atoms. The van der Waals surface area contributed by atoms with Gasteiger partial charge in [0, 0.05) is 17.6 Å². The van der Waals surface area contributed by atoms with Crippen LogP contribution in [-0.4, -0.2) is 62.8 Å². The highest BCUT2D eigenvalue weighted by molar-refractivity contribution is 8.14. The Morgan fingerprint density at radius 1 is 1.22 bits per heavy atom. The van der Waals surface area contributed by atoms with Crippen molar-refractivity contribution in [3.63, 3.8) is 0 Å². The van der Waals surface area contributed by atoms with Gasteiger partial charge >= 0.3 is 12.1 Å². The van der Waals surface area contributed by atoms with E-state index in [0.29, 0.717) is 21.5 Å². The first-order chi connectivity index (χ1) is 19.1. The third-order valence-electron chi connectivity index (χ3n) is 5.92. The first kappa shape index (κ1) is 34.5. The van der Waals surface area contributed by atoms with Gasteiger partial charge in [-0.1, -0.05) is 39.7 Å². The number of Topliss-reactive ketones (excluding diaryl/α,β-unsaturated/α-hetero) is 1. The Morgan fingerprint density at radius 2 is 1.93 bits per heavy atom. The fraction of sp³-hybridized carbons (Fsp3) is 0.655. The largest absolute Gasteiger partial charge is 0.456 e. The van der Waals surface area contributed by atoms with Crippen molar-refractivity contribution in [3.05, 3.63) is 28.2 Å². The number of alkyl carbamates (subject to hydrolysis) is 1. The average molecular weight is 609 g/mol. The summed E-state index contributed by atoms with van der Waals surface area (Å²) < 4.78 is 10.9. The number of nitrogens with zero attached hydrogens (tertiary/aromatic N) is 2. The molecule has 2 N–H and O–H groups in total. The lowest BCUT2D eigenvalue weighted by atomic mass is 10.0. The Morgan fingerprint density at radius 3 is 2.54 bits per heavy atom. The van der Waals surface area contributed by atoms with Crippen LogP contribution >= 0.6 is 23.1 Å². The number of amides is 2. The summed E-state index contributed by atoms with van der Waals surface area (Å²) in [5.74, 6) is -0.923. The summed E-state index contributed by atoms with van der Waals surface area (Å²) in [7, 11) is 0. The first-order valence-electron chi connectivity index (χ1n) is 14.0. The summed E-state index contributed by atoms with van der Waals surface area (Å²) in [6.07, 6.45) is 5.45. The molecule has 0 saturated carbocycles. The van der Waals surface area contributed by atoms with Gasteiger partial charge in [0.25, 0.3) is 0 Å². The van der Waals surface area contributed by atoms with E-state index in [1.807, 2.05) is 25.3 Å². The van der Waals surface area contributed by atoms with Crippen LogP contribution in [0.15, 0.2) is 22.5 Å². The van der Waals surface area contributed by atoms with Gasteiger partial charge < -0.3 is 20.1 Å². The van der Waals surface area contributed by atoms with Gasteiger partial charge in [-0.05, 0) is 53.0 Å². The van der Waals surface area contributed by atoms with E-state index < -0.39 is 35.3 Å². The number of hydrogen-bond donors (Lipinski definition) is 2. The minimum Gasteiger partial charge on any atom is -0.456 e. The fourth-order valence-electron chi connectivity index (χ4n) is 3.72. The van der Waals surface area contributed by atoms with Crippen LogP contribution in [0.3, 0.4) is 0 Å². The molecule has 1 aromatic rings. The van der Waals surface area contributed by atoms with Crippen LogP contribution in [0.2, 0.25) is 0 Å². The molecule has 10 nitrogen and oxygen atoms in total. The van der Waals surface area contributed by atoms with Crippen molar-refractivity contribution in [2.75, 3.05) is 5.75 Å². The Balaban J connectivity index is 2.06. The molecule has 1 aliphatic heterocycles. The Bertz CT molecular complexity index is 1140. The van der Waals surface area contributed by atoms with Gasteiger partial charge in [0.2, 0.25) is 5.91 Å². The number of ketones is 1. The first-order valence-corrected chi connectivity index (χ1v) is 15.8. The molecule has 3 atom stereocenters. The Labute approximate surface area is 251 Å². The Kier molecular flexibility index (Phi) is 13.0. The molecule has 1 aromatic heterocycles. The van der Waals surface area contributed by atoms with E-state index in [2.05, 4.69) is 27.5 Å². The van der Waals surface area contributed by atoms with E-state index in [1.165, 1.54) is 30.0 Å². The van der Waals surface area contributed by atoms with Gasteiger partial charge in [-0.15, -0.1) is 23.1 Å². The second-order valence-corrected chi connectivity index (χ2v) is 13.5. The van der Waals surface area contributed by atoms with Crippen molar-refractivity contribution in [1.29, 1.82) is 0 Å². The Hall–Kier alpha value is -2.73. The number of thioether (sulfide) groups is 1. The van der Waals surface area contributed by atoms with E-state index in [-0.39, 0.29) is 30.6 Å². The number of carbonyl (C=O) groups is 4. The van der Waals surface area contributed by atoms with Crippen molar-refractivity contribution in [2.24, 2.45) is 10.9 Å². The molecule has 2 unspecified atom stereocenters. The topological polar surface area (TPSA) is 136 Å². The van der Waals surface area contributed by atoms with Crippen LogP contribution in [0, 0.1) is 5.92 Å². The lowest BCUT2D eigenvalue weighted by Gasteiger charge is -2.27. The van der Waals surface area contributed by atoms with E-state index in [0.717, 1.165) is 19.3 Å². The van der Waals surface area contributed by atoms with Gasteiger partial charge in [0.05, 0.1) is 6.54 Å². The third kappa shape index (κ3) is 11.6. The number of carbonyl (C=O) groups excluding carboxylic acids is 4. The zero-order valence-corrected chi connectivity index (χ0v) is 27.0. The number of hydrogen-bond acceptors (Lipinski definition) is 10. The molecule has 0 saturated heterocycles.